The van der Waals surface area contributed by atoms with E-state index in [0.29, 0.717) is 143 Å². The molecular formula is C104H147N9O20. The van der Waals surface area contributed by atoms with Crippen molar-refractivity contribution in [3.63, 3.8) is 0 Å². The number of aliphatic carboxylic acids is 1. The highest BCUT2D eigenvalue weighted by Gasteiger charge is 2.50. The van der Waals surface area contributed by atoms with Gasteiger partial charge in [-0.3, -0.25) is 19.2 Å². The fraction of sp³-hybridized carbons (Fsp3) is 0.615. The van der Waals surface area contributed by atoms with Crippen molar-refractivity contribution in [1.29, 1.82) is 15.8 Å². The number of Topliss-reactive ketones (excluding diaryl/α,β-unsaturated/α-hetero) is 2. The van der Waals surface area contributed by atoms with Crippen LogP contribution in [0.1, 0.15) is 290 Å². The minimum Gasteiger partial charge on any atom is -0.481 e. The highest BCUT2D eigenvalue weighted by Crippen LogP contribution is 2.48. The zero-order valence-corrected chi connectivity index (χ0v) is 83.5. The number of rotatable bonds is 11. The first-order valence-electron chi connectivity index (χ1n) is 46.6. The number of aryl methyl sites for hydroxylation is 4. The van der Waals surface area contributed by atoms with E-state index in [0.717, 1.165) is 64.6 Å². The first-order chi connectivity index (χ1) is 61.9. The number of nitrogens with zero attached hydrogens (tertiary/aromatic N) is 9. The second kappa shape index (κ2) is 47.4. The van der Waals surface area contributed by atoms with E-state index in [9.17, 15) is 68.4 Å². The van der Waals surface area contributed by atoms with Gasteiger partial charge < -0.3 is 72.4 Å². The van der Waals surface area contributed by atoms with Crippen LogP contribution in [0.5, 0.6) is 0 Å². The van der Waals surface area contributed by atoms with Crippen molar-refractivity contribution in [1.82, 2.24) is 29.4 Å². The predicted molar refractivity (Wildman–Crippen MR) is 505 cm³/mol. The van der Waals surface area contributed by atoms with E-state index in [1.807, 2.05) is 206 Å². The summed E-state index contributed by atoms with van der Waals surface area (Å²) in [5.41, 5.74) is 6.27. The standard InChI is InChI=1S/C22H30N2O4.C19H26N2O2.C19H27NO4.C19H25NO3.C15H22N2O4.C10H17NO3/c1-6-27-19(25)18(15-23)22(17-9-7-16(2)8-10-17)11-13-24(14-12-22)20(26)28-21(3,4)5;1-15-5-7-16(8-6-15)19(9-12-20)10-13-21(14-11-19)17(22)23-18(2,3)4;1-14-5-7-15(8-6-14)19(13-16(21)22)9-11-20(12-10-19)17(23)24-18(2,3)4;1-13-5-6-15-14(11-13)16(21)12-19(15)7-9-20(10-8-19)17(22)23-18(2,3)4;1-5-20-13(18)12(10-16)11-6-8-17(9-7-11)14(19)21-15(2,3)4;1-10(2,3)14-9(13)11-6-4-8(12)5-7-11/h7-10,18H,6,11-14H2,1-5H3;5-8H,9-11,13-14H2,1-4H3;5-8H,9-13H2,1-4H3,(H,21,22);5-6,11H,7-10,12H2,1-4H3;5-9H2,1-4H3;4-7H2,1-3H3. The van der Waals surface area contributed by atoms with Crippen molar-refractivity contribution in [2.24, 2.45) is 5.92 Å². The van der Waals surface area contributed by atoms with Gasteiger partial charge in [0.15, 0.2) is 11.7 Å². The number of carbonyl (C=O) groups excluding carboxylic acids is 10. The summed E-state index contributed by atoms with van der Waals surface area (Å²) in [4.78, 5) is 142. The summed E-state index contributed by atoms with van der Waals surface area (Å²) in [7, 11) is 0. The number of esters is 2. The van der Waals surface area contributed by atoms with Crippen LogP contribution in [-0.2, 0) is 78.7 Å². The topological polar surface area (TPSA) is 373 Å². The molecule has 6 heterocycles. The fourth-order valence-electron chi connectivity index (χ4n) is 17.0. The Balaban J connectivity index is 0.000000248. The molecule has 6 amide bonds. The third-order valence-electron chi connectivity index (χ3n) is 24.0. The van der Waals surface area contributed by atoms with Gasteiger partial charge in [0.05, 0.1) is 31.8 Å². The largest absolute Gasteiger partial charge is 0.481 e. The molecule has 6 aliphatic heterocycles. The first-order valence-corrected chi connectivity index (χ1v) is 46.6. The lowest BCUT2D eigenvalue weighted by atomic mass is 9.64. The average molecular weight is 1840 g/mol. The van der Waals surface area contributed by atoms with Crippen LogP contribution in [-0.4, -0.2) is 226 Å². The van der Waals surface area contributed by atoms with Crippen molar-refractivity contribution < 1.29 is 95.7 Å². The van der Waals surface area contributed by atoms with E-state index >= 15 is 0 Å². The van der Waals surface area contributed by atoms with E-state index in [4.69, 9.17) is 43.2 Å². The molecule has 29 heteroatoms. The molecular weight excluding hydrogens is 1700 g/mol. The third kappa shape index (κ3) is 33.9. The van der Waals surface area contributed by atoms with Gasteiger partial charge in [0.1, 0.15) is 51.0 Å². The van der Waals surface area contributed by atoms with Crippen LogP contribution in [0.2, 0.25) is 0 Å². The molecule has 4 aromatic rings. The van der Waals surface area contributed by atoms with Gasteiger partial charge in [0.2, 0.25) is 0 Å². The van der Waals surface area contributed by atoms with Crippen molar-refractivity contribution in [2.45, 2.75) is 318 Å². The highest BCUT2D eigenvalue weighted by atomic mass is 16.6. The minimum absolute atomic E-state index is 0.0701. The van der Waals surface area contributed by atoms with Gasteiger partial charge in [0, 0.05) is 131 Å². The number of likely N-dealkylation sites (tertiary alicyclic amines) is 6. The number of nitriles is 3. The number of ketones is 2. The monoisotopic (exact) mass is 1840 g/mol. The zero-order chi connectivity index (χ0) is 99.6. The summed E-state index contributed by atoms with van der Waals surface area (Å²) >= 11 is 0. The number of piperidine rings is 6. The van der Waals surface area contributed by atoms with Crippen LogP contribution >= 0.6 is 0 Å². The van der Waals surface area contributed by atoms with Gasteiger partial charge in [-0.15, -0.1) is 0 Å². The quantitative estimate of drug-likeness (QED) is 0.0630. The molecule has 0 aromatic heterocycles. The second-order valence-electron chi connectivity index (χ2n) is 41.6. The molecule has 1 N–H and O–H groups in total. The molecule has 1 aliphatic carbocycles. The molecule has 728 valence electrons. The first kappa shape index (κ1) is 110. The molecule has 11 rings (SSSR count). The number of hydrogen-bond acceptors (Lipinski definition) is 22. The average Bonchev–Trinajstić information content (AvgIpc) is 1.69. The van der Waals surface area contributed by atoms with Crippen molar-refractivity contribution in [2.75, 3.05) is 91.8 Å². The number of amides is 6. The Hall–Kier alpha value is -11.5. The molecule has 133 heavy (non-hydrogen) atoms. The molecule has 6 saturated heterocycles. The molecule has 0 saturated carbocycles. The molecule has 0 radical (unpaired) electrons. The lowest BCUT2D eigenvalue weighted by Crippen LogP contribution is -2.51. The number of fused-ring (bicyclic) bond motifs is 2. The Morgan fingerprint density at radius 1 is 0.406 bits per heavy atom. The minimum atomic E-state index is -0.920. The van der Waals surface area contributed by atoms with E-state index in [1.165, 1.54) is 16.7 Å². The summed E-state index contributed by atoms with van der Waals surface area (Å²) in [6.07, 6.45) is 6.64. The fourth-order valence-corrected chi connectivity index (χ4v) is 17.0. The SMILES string of the molecule is CC(C)(C)OC(=O)N1CCC(=O)CC1.CCOC(=O)C(C#N)=C1CCN(C(=O)OC(C)(C)C)CC1.CCOC(=O)C(C#N)C1(c2ccc(C)cc2)CCN(C(=O)OC(C)(C)C)CC1.Cc1ccc(C2(CC#N)CCN(C(=O)OC(C)(C)C)CC2)cc1.Cc1ccc(C2(CC(=O)O)CCN(C(=O)OC(C)(C)C)CC2)cc1.Cc1ccc2c(c1)C(=O)CC21CCN(C(=O)OC(C)(C)C)CC1. The normalized spacial score (nSPS) is 17.6. The smallest absolute Gasteiger partial charge is 0.410 e. The number of ether oxygens (including phenoxy) is 8. The summed E-state index contributed by atoms with van der Waals surface area (Å²) in [5.74, 6) is -2.34. The maximum Gasteiger partial charge on any atom is 0.410 e. The Kier molecular flexibility index (Phi) is 39.3. The summed E-state index contributed by atoms with van der Waals surface area (Å²) in [6, 6.07) is 37.0. The third-order valence-corrected chi connectivity index (χ3v) is 24.0. The van der Waals surface area contributed by atoms with E-state index in [1.54, 1.807) is 43.2 Å². The molecule has 1 unspecified atom stereocenters. The Bertz CT molecular complexity index is 4810. The van der Waals surface area contributed by atoms with Crippen molar-refractivity contribution >= 4 is 66.0 Å². The molecule has 6 fully saturated rings. The molecule has 7 aliphatic rings. The molecule has 4 aromatic carbocycles. The van der Waals surface area contributed by atoms with E-state index in [-0.39, 0.29) is 84.2 Å². The maximum atomic E-state index is 12.6. The van der Waals surface area contributed by atoms with E-state index in [2.05, 4.69) is 55.5 Å². The summed E-state index contributed by atoms with van der Waals surface area (Å²) in [6.45, 7) is 51.5. The van der Waals surface area contributed by atoms with Crippen molar-refractivity contribution in [3.05, 3.63) is 152 Å². The molecule has 1 spiro atoms. The predicted octanol–water partition coefficient (Wildman–Crippen LogP) is 19.7. The summed E-state index contributed by atoms with van der Waals surface area (Å²) < 4.78 is 42.3. The highest BCUT2D eigenvalue weighted by molar-refractivity contribution is 6.02. The summed E-state index contributed by atoms with van der Waals surface area (Å²) in [5, 5.41) is 37.6. The van der Waals surface area contributed by atoms with Crippen LogP contribution in [0.3, 0.4) is 0 Å². The zero-order valence-electron chi connectivity index (χ0n) is 83.5. The molecule has 1 atom stereocenters. The van der Waals surface area contributed by atoms with Crippen LogP contribution in [0.25, 0.3) is 0 Å². The van der Waals surface area contributed by atoms with Gasteiger partial charge >= 0.3 is 54.5 Å². The van der Waals surface area contributed by atoms with Crippen LogP contribution in [0, 0.1) is 67.6 Å². The molecule has 29 nitrogen and oxygen atoms in total. The lowest BCUT2D eigenvalue weighted by molar-refractivity contribution is -0.149. The van der Waals surface area contributed by atoms with Crippen LogP contribution in [0.4, 0.5) is 28.8 Å². The Labute approximate surface area is 788 Å². The van der Waals surface area contributed by atoms with E-state index < -0.39 is 68.3 Å². The van der Waals surface area contributed by atoms with Crippen molar-refractivity contribution in [3.8, 4) is 18.2 Å². The lowest BCUT2D eigenvalue weighted by Gasteiger charge is -2.44. The number of benzene rings is 4. The van der Waals surface area contributed by atoms with Gasteiger partial charge in [-0.2, -0.15) is 15.8 Å². The van der Waals surface area contributed by atoms with Gasteiger partial charge in [-0.1, -0.05) is 107 Å². The second-order valence-corrected chi connectivity index (χ2v) is 41.6. The Morgan fingerprint density at radius 3 is 1.05 bits per heavy atom. The number of carbonyl (C=O) groups is 11. The Morgan fingerprint density at radius 2 is 0.722 bits per heavy atom. The van der Waals surface area contributed by atoms with Gasteiger partial charge in [-0.25, -0.2) is 33.6 Å². The van der Waals surface area contributed by atoms with Crippen LogP contribution in [0.15, 0.2) is 102 Å². The van der Waals surface area contributed by atoms with Gasteiger partial charge in [-0.05, 0) is 264 Å². The maximum absolute atomic E-state index is 12.6. The van der Waals surface area contributed by atoms with Gasteiger partial charge in [0.25, 0.3) is 0 Å². The molecule has 0 bridgehead atoms. The van der Waals surface area contributed by atoms with Crippen LogP contribution < -0.4 is 0 Å². The number of carboxylic acid groups (broad SMARTS) is 1. The number of hydrogen-bond donors (Lipinski definition) is 1. The number of carboxylic acids is 1.